The van der Waals surface area contributed by atoms with Gasteiger partial charge in [-0.2, -0.15) is 0 Å². The molecule has 2 bridgehead atoms. The maximum atomic E-state index is 12.7. The molecule has 9 heteroatoms. The Kier molecular flexibility index (Phi) is 5.87. The lowest BCUT2D eigenvalue weighted by Gasteiger charge is -2.18. The smallest absolute Gasteiger partial charge is 0.287 e. The van der Waals surface area contributed by atoms with Crippen molar-refractivity contribution in [3.63, 3.8) is 0 Å². The molecular formula is C21H27N5O4. The standard InChI is InChI=1S/C21H27N5O4/c1-2-22-21(24-8-7-23-18(27)15-4-3-11-30-15)25-9-10-26-19(28)16-13-5-6-14(12-13)17(16)20(26)29/h3-6,11,13-14,16-17H,2,7-10,12H2,1H3,(H,23,27)(H2,22,24,25). The van der Waals surface area contributed by atoms with Gasteiger partial charge in [0.25, 0.3) is 5.91 Å². The maximum Gasteiger partial charge on any atom is 0.287 e. The van der Waals surface area contributed by atoms with Gasteiger partial charge in [-0.05, 0) is 37.3 Å². The first kappa shape index (κ1) is 20.2. The van der Waals surface area contributed by atoms with Crippen molar-refractivity contribution in [3.05, 3.63) is 36.3 Å². The van der Waals surface area contributed by atoms with Crippen molar-refractivity contribution in [1.82, 2.24) is 20.9 Å². The van der Waals surface area contributed by atoms with E-state index >= 15 is 0 Å². The van der Waals surface area contributed by atoms with Crippen molar-refractivity contribution in [3.8, 4) is 0 Å². The maximum absolute atomic E-state index is 12.7. The molecule has 3 aliphatic rings. The summed E-state index contributed by atoms with van der Waals surface area (Å²) in [6.45, 7) is 4.10. The molecule has 1 aromatic heterocycles. The predicted octanol–water partition coefficient (Wildman–Crippen LogP) is 0.372. The molecule has 4 rings (SSSR count). The summed E-state index contributed by atoms with van der Waals surface area (Å²) in [4.78, 5) is 43.1. The molecule has 4 atom stereocenters. The zero-order chi connectivity index (χ0) is 21.1. The van der Waals surface area contributed by atoms with Crippen LogP contribution in [-0.2, 0) is 9.59 Å². The topological polar surface area (TPSA) is 116 Å². The minimum atomic E-state index is -0.284. The minimum Gasteiger partial charge on any atom is -0.459 e. The van der Waals surface area contributed by atoms with Crippen LogP contribution in [0.3, 0.4) is 0 Å². The van der Waals surface area contributed by atoms with Crippen LogP contribution in [0.1, 0.15) is 23.9 Å². The molecule has 1 aromatic rings. The molecule has 1 aliphatic heterocycles. The van der Waals surface area contributed by atoms with Crippen LogP contribution in [-0.4, -0.2) is 61.3 Å². The molecule has 2 fully saturated rings. The van der Waals surface area contributed by atoms with Gasteiger partial charge >= 0.3 is 0 Å². The van der Waals surface area contributed by atoms with Crippen molar-refractivity contribution in [2.45, 2.75) is 13.3 Å². The average Bonchev–Trinajstić information content (AvgIpc) is 3.52. The quantitative estimate of drug-likeness (QED) is 0.186. The normalized spacial score (nSPS) is 27.0. The second kappa shape index (κ2) is 8.73. The van der Waals surface area contributed by atoms with E-state index in [2.05, 4.69) is 33.1 Å². The van der Waals surface area contributed by atoms with Gasteiger partial charge in [-0.15, -0.1) is 0 Å². The summed E-state index contributed by atoms with van der Waals surface area (Å²) in [7, 11) is 0. The first-order valence-electron chi connectivity index (χ1n) is 10.5. The Labute approximate surface area is 175 Å². The first-order valence-corrected chi connectivity index (χ1v) is 10.5. The number of allylic oxidation sites excluding steroid dienone is 2. The van der Waals surface area contributed by atoms with Gasteiger partial charge in [0.15, 0.2) is 11.7 Å². The number of carbonyl (C=O) groups is 3. The highest BCUT2D eigenvalue weighted by Gasteiger charge is 2.58. The van der Waals surface area contributed by atoms with E-state index in [9.17, 15) is 14.4 Å². The number of imide groups is 1. The average molecular weight is 413 g/mol. The Hall–Kier alpha value is -3.10. The fourth-order valence-electron chi connectivity index (χ4n) is 4.64. The summed E-state index contributed by atoms with van der Waals surface area (Å²) in [6, 6.07) is 3.26. The zero-order valence-electron chi connectivity index (χ0n) is 17.0. The van der Waals surface area contributed by atoms with E-state index in [1.807, 2.05) is 6.92 Å². The second-order valence-electron chi connectivity index (χ2n) is 7.75. The van der Waals surface area contributed by atoms with Gasteiger partial charge in [0.1, 0.15) is 0 Å². The van der Waals surface area contributed by atoms with Gasteiger partial charge in [0.05, 0.1) is 24.6 Å². The number of aliphatic imine (C=N–C) groups is 1. The van der Waals surface area contributed by atoms with Gasteiger partial charge in [0.2, 0.25) is 11.8 Å². The number of furan rings is 1. The van der Waals surface area contributed by atoms with E-state index in [4.69, 9.17) is 4.42 Å². The molecule has 9 nitrogen and oxygen atoms in total. The fourth-order valence-corrected chi connectivity index (χ4v) is 4.64. The number of nitrogens with one attached hydrogen (secondary N) is 3. The van der Waals surface area contributed by atoms with Crippen LogP contribution in [0.4, 0.5) is 0 Å². The fraction of sp³-hybridized carbons (Fsp3) is 0.524. The van der Waals surface area contributed by atoms with E-state index in [1.54, 1.807) is 12.1 Å². The number of guanidine groups is 1. The molecule has 3 amide bonds. The molecule has 1 saturated carbocycles. The monoisotopic (exact) mass is 413 g/mol. The van der Waals surface area contributed by atoms with Gasteiger partial charge in [-0.3, -0.25) is 24.3 Å². The van der Waals surface area contributed by atoms with Gasteiger partial charge < -0.3 is 20.4 Å². The Morgan fingerprint density at radius 2 is 1.87 bits per heavy atom. The SMILES string of the molecule is CCNC(=NCCNC(=O)c1ccco1)NCCN1C(=O)C2C3C=CC(C3)C2C1=O. The summed E-state index contributed by atoms with van der Waals surface area (Å²) in [6.07, 6.45) is 6.58. The summed E-state index contributed by atoms with van der Waals surface area (Å²) in [5.74, 6) is 0.613. The van der Waals surface area contributed by atoms with Gasteiger partial charge in [0, 0.05) is 26.2 Å². The molecule has 4 unspecified atom stereocenters. The van der Waals surface area contributed by atoms with Crippen molar-refractivity contribution in [2.75, 3.05) is 32.7 Å². The Morgan fingerprint density at radius 1 is 1.13 bits per heavy atom. The molecule has 3 N–H and O–H groups in total. The summed E-state index contributed by atoms with van der Waals surface area (Å²) in [5, 5.41) is 9.01. The van der Waals surface area contributed by atoms with Crippen LogP contribution in [0.5, 0.6) is 0 Å². The van der Waals surface area contributed by atoms with E-state index in [-0.39, 0.29) is 47.2 Å². The predicted molar refractivity (Wildman–Crippen MR) is 109 cm³/mol. The number of amides is 3. The van der Waals surface area contributed by atoms with Gasteiger partial charge in [-0.25, -0.2) is 0 Å². The highest BCUT2D eigenvalue weighted by atomic mass is 16.3. The number of hydrogen-bond acceptors (Lipinski definition) is 5. The molecule has 0 aromatic carbocycles. The van der Waals surface area contributed by atoms with Crippen LogP contribution >= 0.6 is 0 Å². The summed E-state index contributed by atoms with van der Waals surface area (Å²) >= 11 is 0. The lowest BCUT2D eigenvalue weighted by atomic mass is 9.85. The molecular weight excluding hydrogens is 386 g/mol. The third kappa shape index (κ3) is 3.83. The summed E-state index contributed by atoms with van der Waals surface area (Å²) < 4.78 is 5.04. The van der Waals surface area contributed by atoms with Crippen LogP contribution in [0.15, 0.2) is 40.0 Å². The third-order valence-corrected chi connectivity index (χ3v) is 5.95. The van der Waals surface area contributed by atoms with Crippen molar-refractivity contribution >= 4 is 23.7 Å². The number of fused-ring (bicyclic) bond motifs is 5. The summed E-state index contributed by atoms with van der Waals surface area (Å²) in [5.41, 5.74) is 0. The zero-order valence-corrected chi connectivity index (χ0v) is 17.0. The lowest BCUT2D eigenvalue weighted by molar-refractivity contribution is -0.140. The number of carbonyl (C=O) groups excluding carboxylic acids is 3. The van der Waals surface area contributed by atoms with E-state index in [0.29, 0.717) is 38.7 Å². The lowest BCUT2D eigenvalue weighted by Crippen LogP contribution is -2.44. The highest BCUT2D eigenvalue weighted by molar-refractivity contribution is 6.06. The van der Waals surface area contributed by atoms with Crippen LogP contribution < -0.4 is 16.0 Å². The second-order valence-corrected chi connectivity index (χ2v) is 7.75. The van der Waals surface area contributed by atoms with E-state index in [1.165, 1.54) is 11.2 Å². The minimum absolute atomic E-state index is 0.0359. The van der Waals surface area contributed by atoms with Gasteiger partial charge in [-0.1, -0.05) is 12.2 Å². The molecule has 2 heterocycles. The van der Waals surface area contributed by atoms with Crippen molar-refractivity contribution in [2.24, 2.45) is 28.7 Å². The third-order valence-electron chi connectivity index (χ3n) is 5.95. The van der Waals surface area contributed by atoms with Crippen LogP contribution in [0.2, 0.25) is 0 Å². The largest absolute Gasteiger partial charge is 0.459 e. The Morgan fingerprint density at radius 3 is 2.50 bits per heavy atom. The highest BCUT2D eigenvalue weighted by Crippen LogP contribution is 2.52. The number of rotatable bonds is 8. The molecule has 30 heavy (non-hydrogen) atoms. The Balaban J connectivity index is 1.23. The van der Waals surface area contributed by atoms with Crippen LogP contribution in [0.25, 0.3) is 0 Å². The molecule has 160 valence electrons. The number of likely N-dealkylation sites (tertiary alicyclic amines) is 1. The molecule has 0 spiro atoms. The molecule has 1 saturated heterocycles. The van der Waals surface area contributed by atoms with Crippen LogP contribution in [0, 0.1) is 23.7 Å². The van der Waals surface area contributed by atoms with Crippen molar-refractivity contribution < 1.29 is 18.8 Å². The van der Waals surface area contributed by atoms with Crippen molar-refractivity contribution in [1.29, 1.82) is 0 Å². The van der Waals surface area contributed by atoms with E-state index < -0.39 is 0 Å². The Bertz CT molecular complexity index is 833. The molecule has 2 aliphatic carbocycles. The van der Waals surface area contributed by atoms with E-state index in [0.717, 1.165) is 6.42 Å². The number of hydrogen-bond donors (Lipinski definition) is 3. The number of nitrogens with zero attached hydrogens (tertiary/aromatic N) is 2. The molecule has 0 radical (unpaired) electrons. The first-order chi connectivity index (χ1) is 14.6.